The number of thiocarbonyl (C=S) groups is 1. The fraction of sp³-hybridized carbons (Fsp3) is 0.500. The molecular weight excluding hydrogens is 280 g/mol. The summed E-state index contributed by atoms with van der Waals surface area (Å²) in [5.74, 6) is 0.0851. The largest absolute Gasteiger partial charge is 0.467 e. The number of hydrogen-bond acceptors (Lipinski definition) is 7. The van der Waals surface area contributed by atoms with Crippen LogP contribution >= 0.6 is 12.2 Å². The Morgan fingerprint density at radius 1 is 1.60 bits per heavy atom. The molecule has 8 heteroatoms. The van der Waals surface area contributed by atoms with Gasteiger partial charge in [0.1, 0.15) is 10.7 Å². The Hall–Kier alpha value is -1.80. The number of morpholine rings is 1. The first-order valence-electron chi connectivity index (χ1n) is 6.11. The molecule has 0 aromatic carbocycles. The predicted octanol–water partition coefficient (Wildman–Crippen LogP) is -0.203. The second-order valence-electron chi connectivity index (χ2n) is 4.39. The van der Waals surface area contributed by atoms with Crippen molar-refractivity contribution in [3.63, 3.8) is 0 Å². The molecule has 1 unspecified atom stereocenters. The average molecular weight is 296 g/mol. The van der Waals surface area contributed by atoms with Crippen LogP contribution in [-0.4, -0.2) is 53.8 Å². The van der Waals surface area contributed by atoms with Crippen LogP contribution in [-0.2, 0) is 14.3 Å². The van der Waals surface area contributed by atoms with Gasteiger partial charge in [0, 0.05) is 12.2 Å². The van der Waals surface area contributed by atoms with E-state index in [1.54, 1.807) is 6.07 Å². The van der Waals surface area contributed by atoms with Crippen LogP contribution in [0.3, 0.4) is 0 Å². The number of nitrogens with two attached hydrogens (primary N) is 1. The van der Waals surface area contributed by atoms with Gasteiger partial charge in [0.25, 0.3) is 0 Å². The van der Waals surface area contributed by atoms with Gasteiger partial charge in [-0.15, -0.1) is 0 Å². The minimum absolute atomic E-state index is 0.217. The van der Waals surface area contributed by atoms with Crippen molar-refractivity contribution in [1.29, 1.82) is 0 Å². The topological polar surface area (TPSA) is 90.6 Å². The van der Waals surface area contributed by atoms with Gasteiger partial charge in [-0.25, -0.2) is 14.8 Å². The smallest absolute Gasteiger partial charge is 0.336 e. The highest BCUT2D eigenvalue weighted by Crippen LogP contribution is 2.15. The lowest BCUT2D eigenvalue weighted by Gasteiger charge is -2.31. The van der Waals surface area contributed by atoms with Crippen LogP contribution in [0.2, 0.25) is 0 Å². The molecule has 0 amide bonds. The number of methoxy groups -OCH3 is 1. The van der Waals surface area contributed by atoms with E-state index in [0.29, 0.717) is 31.3 Å². The van der Waals surface area contributed by atoms with Crippen molar-refractivity contribution < 1.29 is 14.3 Å². The Labute approximate surface area is 122 Å². The summed E-state index contributed by atoms with van der Waals surface area (Å²) < 4.78 is 10.1. The third-order valence-electron chi connectivity index (χ3n) is 2.91. The lowest BCUT2D eigenvalue weighted by Crippen LogP contribution is -2.47. The molecule has 0 aliphatic carbocycles. The monoisotopic (exact) mass is 296 g/mol. The predicted molar refractivity (Wildman–Crippen MR) is 76.6 cm³/mol. The Balaban J connectivity index is 2.22. The van der Waals surface area contributed by atoms with Gasteiger partial charge in [0.15, 0.2) is 6.10 Å². The van der Waals surface area contributed by atoms with Crippen molar-refractivity contribution in [1.82, 2.24) is 9.97 Å². The molecule has 1 atom stereocenters. The van der Waals surface area contributed by atoms with Crippen molar-refractivity contribution in [2.75, 3.05) is 31.7 Å². The molecule has 0 saturated carbocycles. The zero-order valence-electron chi connectivity index (χ0n) is 11.3. The minimum Gasteiger partial charge on any atom is -0.467 e. The Morgan fingerprint density at radius 2 is 2.35 bits per heavy atom. The molecule has 2 rings (SSSR count). The molecule has 1 aromatic rings. The van der Waals surface area contributed by atoms with E-state index in [0.717, 1.165) is 5.69 Å². The number of anilines is 1. The van der Waals surface area contributed by atoms with Gasteiger partial charge in [-0.1, -0.05) is 12.2 Å². The molecule has 0 radical (unpaired) electrons. The second-order valence-corrected chi connectivity index (χ2v) is 4.83. The summed E-state index contributed by atoms with van der Waals surface area (Å²) in [6, 6.07) is 1.73. The quantitative estimate of drug-likeness (QED) is 0.605. The highest BCUT2D eigenvalue weighted by Gasteiger charge is 2.29. The number of ether oxygens (including phenoxy) is 2. The molecule has 2 N–H and O–H groups in total. The van der Waals surface area contributed by atoms with Gasteiger partial charge < -0.3 is 20.1 Å². The number of aromatic nitrogens is 2. The number of aryl methyl sites for hydroxylation is 1. The highest BCUT2D eigenvalue weighted by atomic mass is 32.1. The summed E-state index contributed by atoms with van der Waals surface area (Å²) >= 11 is 4.94. The fourth-order valence-electron chi connectivity index (χ4n) is 1.93. The summed E-state index contributed by atoms with van der Waals surface area (Å²) in [5.41, 5.74) is 6.88. The van der Waals surface area contributed by atoms with Crippen molar-refractivity contribution in [2.24, 2.45) is 5.73 Å². The molecular formula is C12H16N4O3S. The van der Waals surface area contributed by atoms with E-state index in [1.807, 2.05) is 11.8 Å². The molecule has 108 valence electrons. The molecule has 1 saturated heterocycles. The lowest BCUT2D eigenvalue weighted by molar-refractivity contribution is -0.154. The molecule has 7 nitrogen and oxygen atoms in total. The third kappa shape index (κ3) is 3.20. The van der Waals surface area contributed by atoms with Crippen molar-refractivity contribution in [2.45, 2.75) is 13.0 Å². The minimum atomic E-state index is -0.633. The summed E-state index contributed by atoms with van der Waals surface area (Å²) in [6.07, 6.45) is -0.633. The molecule has 1 aromatic heterocycles. The van der Waals surface area contributed by atoms with Crippen LogP contribution in [0.25, 0.3) is 0 Å². The zero-order valence-corrected chi connectivity index (χ0v) is 12.1. The summed E-state index contributed by atoms with van der Waals surface area (Å²) in [7, 11) is 1.33. The second kappa shape index (κ2) is 6.10. The Kier molecular flexibility index (Phi) is 4.46. The molecule has 1 fully saturated rings. The normalized spacial score (nSPS) is 18.7. The molecule has 0 bridgehead atoms. The number of carbonyl (C=O) groups excluding carboxylic acids is 1. The van der Waals surface area contributed by atoms with Crippen LogP contribution in [0.15, 0.2) is 6.07 Å². The zero-order chi connectivity index (χ0) is 14.7. The number of esters is 1. The molecule has 0 spiro atoms. The van der Waals surface area contributed by atoms with Gasteiger partial charge in [0.2, 0.25) is 5.95 Å². The van der Waals surface area contributed by atoms with Crippen LogP contribution in [0.4, 0.5) is 5.95 Å². The Morgan fingerprint density at radius 3 is 3.00 bits per heavy atom. The lowest BCUT2D eigenvalue weighted by atomic mass is 10.3. The van der Waals surface area contributed by atoms with Crippen LogP contribution in [0.5, 0.6) is 0 Å². The number of nitrogens with zero attached hydrogens (tertiary/aromatic N) is 3. The SMILES string of the molecule is COC(=O)C1CN(c2nc(C)cc(C(N)=S)n2)CCO1. The van der Waals surface area contributed by atoms with Crippen LogP contribution < -0.4 is 10.6 Å². The fourth-order valence-corrected chi connectivity index (χ4v) is 2.03. The van der Waals surface area contributed by atoms with Crippen molar-refractivity contribution >= 4 is 29.1 Å². The molecule has 1 aliphatic rings. The third-order valence-corrected chi connectivity index (χ3v) is 3.12. The van der Waals surface area contributed by atoms with Gasteiger partial charge in [-0.3, -0.25) is 0 Å². The average Bonchev–Trinajstić information content (AvgIpc) is 2.45. The standard InChI is InChI=1S/C12H16N4O3S/c1-7-5-8(10(13)20)15-12(14-7)16-3-4-19-9(6-16)11(17)18-2/h5,9H,3-4,6H2,1-2H3,(H2,13,20). The van der Waals surface area contributed by atoms with Gasteiger partial charge in [-0.05, 0) is 13.0 Å². The van der Waals surface area contributed by atoms with E-state index >= 15 is 0 Å². The molecule has 1 aliphatic heterocycles. The maximum Gasteiger partial charge on any atom is 0.336 e. The molecule has 20 heavy (non-hydrogen) atoms. The summed E-state index contributed by atoms with van der Waals surface area (Å²) in [5, 5.41) is 0. The number of carbonyl (C=O) groups is 1. The van der Waals surface area contributed by atoms with Gasteiger partial charge in [0.05, 0.1) is 20.3 Å². The highest BCUT2D eigenvalue weighted by molar-refractivity contribution is 7.80. The Bertz CT molecular complexity index is 537. The van der Waals surface area contributed by atoms with E-state index in [-0.39, 0.29) is 4.99 Å². The first-order valence-corrected chi connectivity index (χ1v) is 6.52. The maximum absolute atomic E-state index is 11.5. The first-order chi connectivity index (χ1) is 9.51. The van der Waals surface area contributed by atoms with E-state index < -0.39 is 12.1 Å². The van der Waals surface area contributed by atoms with E-state index in [9.17, 15) is 4.79 Å². The van der Waals surface area contributed by atoms with E-state index in [4.69, 9.17) is 22.7 Å². The van der Waals surface area contributed by atoms with Crippen LogP contribution in [0.1, 0.15) is 11.4 Å². The molecule has 2 heterocycles. The van der Waals surface area contributed by atoms with E-state index in [2.05, 4.69) is 14.7 Å². The number of rotatable bonds is 3. The van der Waals surface area contributed by atoms with Crippen molar-refractivity contribution in [3.8, 4) is 0 Å². The van der Waals surface area contributed by atoms with E-state index in [1.165, 1.54) is 7.11 Å². The van der Waals surface area contributed by atoms with Gasteiger partial charge in [-0.2, -0.15) is 0 Å². The van der Waals surface area contributed by atoms with Crippen molar-refractivity contribution in [3.05, 3.63) is 17.5 Å². The number of hydrogen-bond donors (Lipinski definition) is 1. The van der Waals surface area contributed by atoms with Crippen LogP contribution in [0, 0.1) is 6.92 Å². The summed E-state index contributed by atoms with van der Waals surface area (Å²) in [6.45, 7) is 3.17. The summed E-state index contributed by atoms with van der Waals surface area (Å²) in [4.78, 5) is 22.3. The van der Waals surface area contributed by atoms with Gasteiger partial charge >= 0.3 is 5.97 Å². The first kappa shape index (κ1) is 14.6. The maximum atomic E-state index is 11.5.